The van der Waals surface area contributed by atoms with E-state index in [1.807, 2.05) is 11.8 Å². The van der Waals surface area contributed by atoms with Crippen LogP contribution in [-0.2, 0) is 11.2 Å². The van der Waals surface area contributed by atoms with Crippen LogP contribution in [0.1, 0.15) is 34.8 Å². The molecule has 3 heterocycles. The van der Waals surface area contributed by atoms with Gasteiger partial charge in [-0.1, -0.05) is 67.6 Å². The Morgan fingerprint density at radius 2 is 1.60 bits per heavy atom. The van der Waals surface area contributed by atoms with Crippen molar-refractivity contribution in [2.75, 3.05) is 38.0 Å². The number of hydrogen-bond acceptors (Lipinski definition) is 6. The molecule has 4 aromatic rings. The molecule has 0 radical (unpaired) electrons. The summed E-state index contributed by atoms with van der Waals surface area (Å²) < 4.78 is 0. The molecule has 0 atom stereocenters. The summed E-state index contributed by atoms with van der Waals surface area (Å²) in [5.74, 6) is 1.58. The number of piperazine rings is 1. The van der Waals surface area contributed by atoms with Gasteiger partial charge < -0.3 is 10.2 Å². The lowest BCUT2D eigenvalue weighted by atomic mass is 9.96. The molecule has 1 aliphatic heterocycles. The molecule has 1 saturated heterocycles. The van der Waals surface area contributed by atoms with E-state index in [0.29, 0.717) is 13.1 Å². The average Bonchev–Trinajstić information content (AvgIpc) is 3.32. The van der Waals surface area contributed by atoms with Crippen molar-refractivity contribution >= 4 is 33.3 Å². The zero-order valence-electron chi connectivity index (χ0n) is 20.3. The average molecular weight is 486 g/mol. The van der Waals surface area contributed by atoms with Gasteiger partial charge in [0.2, 0.25) is 5.91 Å². The summed E-state index contributed by atoms with van der Waals surface area (Å²) in [6.07, 6.45) is 0.968. The second-order valence-electron chi connectivity index (χ2n) is 8.90. The lowest BCUT2D eigenvalue weighted by Gasteiger charge is -2.39. The highest BCUT2D eigenvalue weighted by Crippen LogP contribution is 2.30. The zero-order valence-corrected chi connectivity index (χ0v) is 21.1. The van der Waals surface area contributed by atoms with E-state index >= 15 is 0 Å². The molecule has 5 rings (SSSR count). The van der Waals surface area contributed by atoms with Crippen LogP contribution in [-0.4, -0.2) is 58.4 Å². The van der Waals surface area contributed by atoms with Gasteiger partial charge in [0.15, 0.2) is 0 Å². The van der Waals surface area contributed by atoms with Gasteiger partial charge >= 0.3 is 0 Å². The fourth-order valence-corrected chi connectivity index (χ4v) is 5.79. The molecule has 1 N–H and O–H groups in total. The van der Waals surface area contributed by atoms with Gasteiger partial charge in [-0.25, -0.2) is 9.97 Å². The Balaban J connectivity index is 1.24. The maximum Gasteiger partial charge on any atom is 0.242 e. The molecular formula is C28H31N5OS. The quantitative estimate of drug-likeness (QED) is 0.403. The van der Waals surface area contributed by atoms with Gasteiger partial charge in [-0.15, -0.1) is 11.3 Å². The van der Waals surface area contributed by atoms with Gasteiger partial charge in [-0.2, -0.15) is 0 Å². The SMILES string of the molecule is CCc1cc2c(NCC(=O)N3CCN(C(c4ccccc4)c4ccccc4)CC3)nc(C)nc2s1. The van der Waals surface area contributed by atoms with E-state index in [1.165, 1.54) is 16.0 Å². The summed E-state index contributed by atoms with van der Waals surface area (Å²) in [7, 11) is 0. The number of nitrogens with zero attached hydrogens (tertiary/aromatic N) is 4. The Kier molecular flexibility index (Phi) is 7.06. The number of aryl methyl sites for hydroxylation is 2. The van der Waals surface area contributed by atoms with Gasteiger partial charge in [0.1, 0.15) is 16.5 Å². The molecule has 1 fully saturated rings. The van der Waals surface area contributed by atoms with Crippen LogP contribution in [0.2, 0.25) is 0 Å². The Labute approximate surface area is 210 Å². The Hall–Kier alpha value is -3.29. The summed E-state index contributed by atoms with van der Waals surface area (Å²) in [6, 6.07) is 23.6. The standard InChI is InChI=1S/C28H31N5OS/c1-3-23-18-24-27(30-20(2)31-28(24)35-23)29-19-25(34)32-14-16-33(17-15-32)26(21-10-6-4-7-11-21)22-12-8-5-9-13-22/h4-13,18,26H,3,14-17,19H2,1-2H3,(H,29,30,31). The van der Waals surface area contributed by atoms with Crippen LogP contribution in [0.3, 0.4) is 0 Å². The number of thiophene rings is 1. The summed E-state index contributed by atoms with van der Waals surface area (Å²) >= 11 is 1.70. The number of anilines is 1. The van der Waals surface area contributed by atoms with E-state index in [-0.39, 0.29) is 18.5 Å². The van der Waals surface area contributed by atoms with Gasteiger partial charge in [-0.05, 0) is 30.5 Å². The highest BCUT2D eigenvalue weighted by atomic mass is 32.1. The first-order valence-corrected chi connectivity index (χ1v) is 13.1. The first kappa shape index (κ1) is 23.5. The number of nitrogens with one attached hydrogen (secondary N) is 1. The van der Waals surface area contributed by atoms with Crippen molar-refractivity contribution < 1.29 is 4.79 Å². The third-order valence-electron chi connectivity index (χ3n) is 6.57. The lowest BCUT2D eigenvalue weighted by Crippen LogP contribution is -2.51. The topological polar surface area (TPSA) is 61.4 Å². The zero-order chi connectivity index (χ0) is 24.2. The number of aromatic nitrogens is 2. The van der Waals surface area contributed by atoms with Gasteiger partial charge in [0.05, 0.1) is 18.0 Å². The van der Waals surface area contributed by atoms with Crippen molar-refractivity contribution in [3.63, 3.8) is 0 Å². The molecular weight excluding hydrogens is 454 g/mol. The van der Waals surface area contributed by atoms with Crippen LogP contribution < -0.4 is 5.32 Å². The summed E-state index contributed by atoms with van der Waals surface area (Å²) in [5.41, 5.74) is 2.57. The molecule has 180 valence electrons. The summed E-state index contributed by atoms with van der Waals surface area (Å²) in [5, 5.41) is 4.30. The molecule has 7 heteroatoms. The second-order valence-corrected chi connectivity index (χ2v) is 10.0. The third kappa shape index (κ3) is 5.21. The summed E-state index contributed by atoms with van der Waals surface area (Å²) in [4.78, 5) is 28.9. The van der Waals surface area contributed by atoms with Gasteiger partial charge in [0.25, 0.3) is 0 Å². The Morgan fingerprint density at radius 1 is 0.971 bits per heavy atom. The third-order valence-corrected chi connectivity index (χ3v) is 7.75. The molecule has 6 nitrogen and oxygen atoms in total. The number of benzene rings is 2. The highest BCUT2D eigenvalue weighted by Gasteiger charge is 2.28. The normalized spacial score (nSPS) is 14.5. The Bertz CT molecular complexity index is 1240. The smallest absolute Gasteiger partial charge is 0.242 e. The maximum atomic E-state index is 13.1. The Morgan fingerprint density at radius 3 is 2.20 bits per heavy atom. The highest BCUT2D eigenvalue weighted by molar-refractivity contribution is 7.18. The van der Waals surface area contributed by atoms with Crippen molar-refractivity contribution in [2.45, 2.75) is 26.3 Å². The minimum Gasteiger partial charge on any atom is -0.360 e. The van der Waals surface area contributed by atoms with Crippen molar-refractivity contribution in [3.8, 4) is 0 Å². The number of carbonyl (C=O) groups is 1. The molecule has 0 saturated carbocycles. The first-order valence-electron chi connectivity index (χ1n) is 12.2. The van der Waals surface area contributed by atoms with E-state index in [2.05, 4.69) is 93.8 Å². The van der Waals surface area contributed by atoms with Crippen LogP contribution in [0.5, 0.6) is 0 Å². The van der Waals surface area contributed by atoms with Crippen LogP contribution in [0, 0.1) is 6.92 Å². The lowest BCUT2D eigenvalue weighted by molar-refractivity contribution is -0.131. The van der Waals surface area contributed by atoms with Crippen molar-refractivity contribution in [1.82, 2.24) is 19.8 Å². The van der Waals surface area contributed by atoms with Crippen LogP contribution in [0.25, 0.3) is 10.2 Å². The van der Waals surface area contributed by atoms with Crippen molar-refractivity contribution in [1.29, 1.82) is 0 Å². The van der Waals surface area contributed by atoms with E-state index in [1.54, 1.807) is 11.3 Å². The molecule has 35 heavy (non-hydrogen) atoms. The molecule has 1 amide bonds. The molecule has 2 aromatic carbocycles. The fraction of sp³-hybridized carbons (Fsp3) is 0.321. The summed E-state index contributed by atoms with van der Waals surface area (Å²) in [6.45, 7) is 7.38. The first-order chi connectivity index (χ1) is 17.1. The van der Waals surface area contributed by atoms with E-state index in [4.69, 9.17) is 0 Å². The number of hydrogen-bond donors (Lipinski definition) is 1. The number of amides is 1. The predicted molar refractivity (Wildman–Crippen MR) is 143 cm³/mol. The van der Waals surface area contributed by atoms with Crippen molar-refractivity contribution in [3.05, 3.63) is 88.6 Å². The monoisotopic (exact) mass is 485 g/mol. The minimum atomic E-state index is 0.107. The van der Waals surface area contributed by atoms with Crippen LogP contribution >= 0.6 is 11.3 Å². The molecule has 0 bridgehead atoms. The number of rotatable bonds is 7. The van der Waals surface area contributed by atoms with Crippen molar-refractivity contribution in [2.24, 2.45) is 0 Å². The largest absolute Gasteiger partial charge is 0.360 e. The van der Waals surface area contributed by atoms with Crippen LogP contribution in [0.4, 0.5) is 5.82 Å². The molecule has 2 aromatic heterocycles. The predicted octanol–water partition coefficient (Wildman–Crippen LogP) is 4.91. The molecule has 0 spiro atoms. The molecule has 0 unspecified atom stereocenters. The van der Waals surface area contributed by atoms with E-state index in [0.717, 1.165) is 41.4 Å². The maximum absolute atomic E-state index is 13.1. The van der Waals surface area contributed by atoms with Gasteiger partial charge in [0, 0.05) is 31.1 Å². The minimum absolute atomic E-state index is 0.107. The molecule has 0 aliphatic carbocycles. The van der Waals surface area contributed by atoms with E-state index < -0.39 is 0 Å². The fourth-order valence-electron chi connectivity index (χ4n) is 4.77. The molecule has 1 aliphatic rings. The number of fused-ring (bicyclic) bond motifs is 1. The number of carbonyl (C=O) groups excluding carboxylic acids is 1. The van der Waals surface area contributed by atoms with E-state index in [9.17, 15) is 4.79 Å². The van der Waals surface area contributed by atoms with Gasteiger partial charge in [-0.3, -0.25) is 9.69 Å². The second kappa shape index (κ2) is 10.5. The van der Waals surface area contributed by atoms with Crippen LogP contribution in [0.15, 0.2) is 66.7 Å².